The standard InChI is InChI=1S/C23H26N2O2S/c1-16(2)20-12-11-19(14-17(20)3)27-13-7-10-22(26)25-23-24-21(15-28-23)18-8-5-4-6-9-18/h4-6,8-9,11-12,14-16H,7,10,13H2,1-3H3,(H,24,25,26). The molecule has 0 saturated heterocycles. The van der Waals surface area contributed by atoms with E-state index >= 15 is 0 Å². The van der Waals surface area contributed by atoms with Crippen LogP contribution in [0.25, 0.3) is 11.3 Å². The van der Waals surface area contributed by atoms with Crippen LogP contribution in [0, 0.1) is 6.92 Å². The van der Waals surface area contributed by atoms with Crippen molar-refractivity contribution in [2.75, 3.05) is 11.9 Å². The van der Waals surface area contributed by atoms with Crippen molar-refractivity contribution < 1.29 is 9.53 Å². The van der Waals surface area contributed by atoms with Gasteiger partial charge in [-0.25, -0.2) is 4.98 Å². The van der Waals surface area contributed by atoms with E-state index in [4.69, 9.17) is 4.74 Å². The molecular formula is C23H26N2O2S. The summed E-state index contributed by atoms with van der Waals surface area (Å²) in [4.78, 5) is 16.6. The zero-order valence-electron chi connectivity index (χ0n) is 16.6. The Hall–Kier alpha value is -2.66. The molecule has 0 fully saturated rings. The third kappa shape index (κ3) is 5.42. The molecule has 0 radical (unpaired) electrons. The van der Waals surface area contributed by atoms with E-state index < -0.39 is 0 Å². The molecule has 1 heterocycles. The fraction of sp³-hybridized carbons (Fsp3) is 0.304. The molecule has 0 aliphatic rings. The van der Waals surface area contributed by atoms with Gasteiger partial charge in [0, 0.05) is 17.4 Å². The Morgan fingerprint density at radius 1 is 1.18 bits per heavy atom. The number of nitrogens with zero attached hydrogens (tertiary/aromatic N) is 1. The van der Waals surface area contributed by atoms with Gasteiger partial charge in [-0.05, 0) is 42.5 Å². The Morgan fingerprint density at radius 3 is 2.68 bits per heavy atom. The minimum Gasteiger partial charge on any atom is -0.494 e. The molecule has 0 bridgehead atoms. The second-order valence-corrected chi connectivity index (χ2v) is 7.94. The Labute approximate surface area is 170 Å². The molecule has 0 atom stereocenters. The molecule has 3 aromatic rings. The number of benzene rings is 2. The molecule has 0 unspecified atom stereocenters. The van der Waals surface area contributed by atoms with Crippen LogP contribution < -0.4 is 10.1 Å². The number of thiazole rings is 1. The number of hydrogen-bond donors (Lipinski definition) is 1. The Bertz CT molecular complexity index is 919. The molecule has 146 valence electrons. The predicted molar refractivity (Wildman–Crippen MR) is 116 cm³/mol. The summed E-state index contributed by atoms with van der Waals surface area (Å²) in [7, 11) is 0. The molecular weight excluding hydrogens is 368 g/mol. The van der Waals surface area contributed by atoms with Crippen molar-refractivity contribution in [3.63, 3.8) is 0 Å². The topological polar surface area (TPSA) is 51.2 Å². The highest BCUT2D eigenvalue weighted by Crippen LogP contribution is 2.25. The van der Waals surface area contributed by atoms with Crippen LogP contribution in [0.3, 0.4) is 0 Å². The van der Waals surface area contributed by atoms with E-state index in [1.54, 1.807) is 0 Å². The lowest BCUT2D eigenvalue weighted by molar-refractivity contribution is -0.116. The first-order chi connectivity index (χ1) is 13.5. The molecule has 1 N–H and O–H groups in total. The van der Waals surface area contributed by atoms with E-state index in [1.165, 1.54) is 22.5 Å². The van der Waals surface area contributed by atoms with Gasteiger partial charge in [0.15, 0.2) is 5.13 Å². The summed E-state index contributed by atoms with van der Waals surface area (Å²) in [6.45, 7) is 6.99. The molecule has 0 spiro atoms. The summed E-state index contributed by atoms with van der Waals surface area (Å²) in [6.07, 6.45) is 1.07. The summed E-state index contributed by atoms with van der Waals surface area (Å²) in [5.41, 5.74) is 4.50. The number of anilines is 1. The van der Waals surface area contributed by atoms with Gasteiger partial charge in [0.2, 0.25) is 5.91 Å². The van der Waals surface area contributed by atoms with Crippen LogP contribution in [-0.4, -0.2) is 17.5 Å². The Balaban J connectivity index is 1.43. The largest absolute Gasteiger partial charge is 0.494 e. The van der Waals surface area contributed by atoms with E-state index in [1.807, 2.05) is 41.8 Å². The number of aryl methyl sites for hydroxylation is 1. The maximum absolute atomic E-state index is 12.1. The fourth-order valence-electron chi connectivity index (χ4n) is 3.06. The number of hydrogen-bond acceptors (Lipinski definition) is 4. The maximum Gasteiger partial charge on any atom is 0.226 e. The van der Waals surface area contributed by atoms with E-state index in [0.717, 1.165) is 17.0 Å². The van der Waals surface area contributed by atoms with Gasteiger partial charge < -0.3 is 10.1 Å². The third-order valence-corrected chi connectivity index (χ3v) is 5.26. The number of nitrogens with one attached hydrogen (secondary N) is 1. The SMILES string of the molecule is Cc1cc(OCCCC(=O)Nc2nc(-c3ccccc3)cs2)ccc1C(C)C. The van der Waals surface area contributed by atoms with Crippen molar-refractivity contribution >= 4 is 22.4 Å². The number of ether oxygens (including phenoxy) is 1. The van der Waals surface area contributed by atoms with Crippen LogP contribution in [0.15, 0.2) is 53.9 Å². The van der Waals surface area contributed by atoms with Crippen LogP contribution in [0.1, 0.15) is 43.7 Å². The van der Waals surface area contributed by atoms with E-state index in [9.17, 15) is 4.79 Å². The first-order valence-corrected chi connectivity index (χ1v) is 10.4. The average molecular weight is 395 g/mol. The van der Waals surface area contributed by atoms with Crippen molar-refractivity contribution in [1.82, 2.24) is 4.98 Å². The zero-order valence-corrected chi connectivity index (χ0v) is 17.4. The van der Waals surface area contributed by atoms with E-state index in [-0.39, 0.29) is 5.91 Å². The zero-order chi connectivity index (χ0) is 19.9. The molecule has 0 aliphatic heterocycles. The lowest BCUT2D eigenvalue weighted by Gasteiger charge is -2.12. The molecule has 1 aromatic heterocycles. The van der Waals surface area contributed by atoms with Gasteiger partial charge in [0.05, 0.1) is 12.3 Å². The lowest BCUT2D eigenvalue weighted by atomic mass is 9.98. The van der Waals surface area contributed by atoms with Gasteiger partial charge in [-0.1, -0.05) is 50.2 Å². The monoisotopic (exact) mass is 394 g/mol. The first-order valence-electron chi connectivity index (χ1n) is 9.57. The molecule has 2 aromatic carbocycles. The van der Waals surface area contributed by atoms with Crippen LogP contribution >= 0.6 is 11.3 Å². The predicted octanol–water partition coefficient (Wildman–Crippen LogP) is 6.04. The van der Waals surface area contributed by atoms with Crippen molar-refractivity contribution in [3.05, 3.63) is 65.0 Å². The maximum atomic E-state index is 12.1. The molecule has 0 saturated carbocycles. The summed E-state index contributed by atoms with van der Waals surface area (Å²) < 4.78 is 5.79. The van der Waals surface area contributed by atoms with Crippen LogP contribution in [-0.2, 0) is 4.79 Å². The molecule has 28 heavy (non-hydrogen) atoms. The highest BCUT2D eigenvalue weighted by atomic mass is 32.1. The number of amides is 1. The summed E-state index contributed by atoms with van der Waals surface area (Å²) in [5, 5.41) is 5.46. The highest BCUT2D eigenvalue weighted by molar-refractivity contribution is 7.14. The number of aromatic nitrogens is 1. The fourth-order valence-corrected chi connectivity index (χ4v) is 3.80. The quantitative estimate of drug-likeness (QED) is 0.474. The molecule has 0 aliphatic carbocycles. The first kappa shape index (κ1) is 20.1. The lowest BCUT2D eigenvalue weighted by Crippen LogP contribution is -2.12. The van der Waals surface area contributed by atoms with Crippen molar-refractivity contribution in [3.8, 4) is 17.0 Å². The molecule has 4 nitrogen and oxygen atoms in total. The highest BCUT2D eigenvalue weighted by Gasteiger charge is 2.09. The van der Waals surface area contributed by atoms with Crippen molar-refractivity contribution in [2.45, 2.75) is 39.5 Å². The van der Waals surface area contributed by atoms with Gasteiger partial charge >= 0.3 is 0 Å². The summed E-state index contributed by atoms with van der Waals surface area (Å²) >= 11 is 1.44. The number of carbonyl (C=O) groups is 1. The van der Waals surface area contributed by atoms with Gasteiger partial charge in [0.1, 0.15) is 5.75 Å². The number of rotatable bonds is 8. The Kier molecular flexibility index (Phi) is 6.82. The Morgan fingerprint density at radius 2 is 1.96 bits per heavy atom. The molecule has 5 heteroatoms. The van der Waals surface area contributed by atoms with Crippen molar-refractivity contribution in [2.24, 2.45) is 0 Å². The minimum absolute atomic E-state index is 0.0381. The number of carbonyl (C=O) groups excluding carboxylic acids is 1. The summed E-state index contributed by atoms with van der Waals surface area (Å²) in [6, 6.07) is 16.1. The van der Waals surface area contributed by atoms with Gasteiger partial charge in [-0.2, -0.15) is 0 Å². The van der Waals surface area contributed by atoms with Crippen LogP contribution in [0.5, 0.6) is 5.75 Å². The normalized spacial score (nSPS) is 10.9. The second kappa shape index (κ2) is 9.51. The minimum atomic E-state index is -0.0381. The van der Waals surface area contributed by atoms with Gasteiger partial charge in [-0.3, -0.25) is 4.79 Å². The smallest absolute Gasteiger partial charge is 0.226 e. The molecule has 3 rings (SSSR count). The van der Waals surface area contributed by atoms with Crippen LogP contribution in [0.4, 0.5) is 5.13 Å². The van der Waals surface area contributed by atoms with Gasteiger partial charge in [-0.15, -0.1) is 11.3 Å². The van der Waals surface area contributed by atoms with Crippen molar-refractivity contribution in [1.29, 1.82) is 0 Å². The average Bonchev–Trinajstić information content (AvgIpc) is 3.14. The van der Waals surface area contributed by atoms with E-state index in [2.05, 4.69) is 43.2 Å². The van der Waals surface area contributed by atoms with Crippen LogP contribution in [0.2, 0.25) is 0 Å². The second-order valence-electron chi connectivity index (χ2n) is 7.08. The third-order valence-electron chi connectivity index (χ3n) is 4.50. The van der Waals surface area contributed by atoms with E-state index in [0.29, 0.717) is 30.5 Å². The van der Waals surface area contributed by atoms with Gasteiger partial charge in [0.25, 0.3) is 0 Å². The molecule has 1 amide bonds. The summed E-state index contributed by atoms with van der Waals surface area (Å²) in [5.74, 6) is 1.32.